The van der Waals surface area contributed by atoms with Gasteiger partial charge in [0.1, 0.15) is 0 Å². The van der Waals surface area contributed by atoms with E-state index in [1.165, 1.54) is 0 Å². The van der Waals surface area contributed by atoms with Gasteiger partial charge in [-0.15, -0.1) is 0 Å². The number of para-hydroxylation sites is 2. The molecule has 0 amide bonds. The van der Waals surface area contributed by atoms with Crippen LogP contribution >= 0.6 is 0 Å². The van der Waals surface area contributed by atoms with Crippen LogP contribution in [-0.4, -0.2) is 9.13 Å². The van der Waals surface area contributed by atoms with Crippen molar-refractivity contribution in [1.82, 2.24) is 9.13 Å². The number of nitrogens with zero attached hydrogens (tertiary/aromatic N) is 5. The van der Waals surface area contributed by atoms with Crippen LogP contribution in [0.3, 0.4) is 0 Å². The van der Waals surface area contributed by atoms with E-state index in [4.69, 9.17) is 0 Å². The monoisotopic (exact) mass is 635 g/mol. The van der Waals surface area contributed by atoms with Crippen molar-refractivity contribution in [3.63, 3.8) is 0 Å². The van der Waals surface area contributed by atoms with Crippen LogP contribution in [0.1, 0.15) is 16.7 Å². The first kappa shape index (κ1) is 28.8. The van der Waals surface area contributed by atoms with E-state index >= 15 is 0 Å². The topological polar surface area (TPSA) is 81.2 Å². The van der Waals surface area contributed by atoms with Gasteiger partial charge >= 0.3 is 0 Å². The van der Waals surface area contributed by atoms with Crippen LogP contribution in [0.2, 0.25) is 0 Å². The molecule has 0 fully saturated rings. The molecule has 5 nitrogen and oxygen atoms in total. The Morgan fingerprint density at radius 2 is 1.04 bits per heavy atom. The van der Waals surface area contributed by atoms with Crippen molar-refractivity contribution >= 4 is 43.6 Å². The highest BCUT2D eigenvalue weighted by atomic mass is 15.0. The zero-order valence-corrected chi connectivity index (χ0v) is 26.7. The maximum Gasteiger partial charge on any atom is 0.0998 e. The maximum atomic E-state index is 10.1. The van der Waals surface area contributed by atoms with Crippen LogP contribution < -0.4 is 0 Å². The highest BCUT2D eigenvalue weighted by molar-refractivity contribution is 6.12. The Labute approximate surface area is 287 Å². The zero-order chi connectivity index (χ0) is 33.8. The van der Waals surface area contributed by atoms with Crippen molar-refractivity contribution in [1.29, 1.82) is 15.8 Å². The fourth-order valence-electron chi connectivity index (χ4n) is 7.49. The van der Waals surface area contributed by atoms with Gasteiger partial charge in [-0.3, -0.25) is 0 Å². The standard InChI is InChI=1S/C45H25N5/c46-26-29-20-22-43(50-41-17-6-4-15-37(41)45-32(28-48)10-8-18-44(45)50)38(23-29)35-13-2-1-12-34(35)31-9-7-11-33(25-31)49-40-16-5-3-14-36(40)39-24-30(27-47)19-21-42(39)49/h1-25H. The Morgan fingerprint density at radius 1 is 0.400 bits per heavy atom. The number of rotatable bonds is 4. The first-order chi connectivity index (χ1) is 24.7. The molecule has 5 heteroatoms. The molecule has 0 radical (unpaired) electrons. The van der Waals surface area contributed by atoms with Gasteiger partial charge in [0.2, 0.25) is 0 Å². The summed E-state index contributed by atoms with van der Waals surface area (Å²) in [5.74, 6) is 0. The third kappa shape index (κ3) is 4.31. The Hall–Kier alpha value is -7.39. The zero-order valence-electron chi connectivity index (χ0n) is 26.7. The fourth-order valence-corrected chi connectivity index (χ4v) is 7.49. The molecule has 0 atom stereocenters. The van der Waals surface area contributed by atoms with E-state index in [9.17, 15) is 15.8 Å². The van der Waals surface area contributed by atoms with Gasteiger partial charge in [0.05, 0.1) is 62.7 Å². The Bertz CT molecular complexity index is 2970. The van der Waals surface area contributed by atoms with Crippen molar-refractivity contribution < 1.29 is 0 Å². The summed E-state index contributed by atoms with van der Waals surface area (Å²) in [6.45, 7) is 0. The molecule has 230 valence electrons. The number of aromatic nitrogens is 2. The lowest BCUT2D eigenvalue weighted by atomic mass is 9.92. The summed E-state index contributed by atoms with van der Waals surface area (Å²) in [5.41, 5.74) is 11.7. The average molecular weight is 636 g/mol. The number of benzene rings is 7. The molecule has 0 aliphatic rings. The van der Waals surface area contributed by atoms with Gasteiger partial charge in [-0.05, 0) is 89.5 Å². The van der Waals surface area contributed by atoms with Crippen LogP contribution in [0.15, 0.2) is 152 Å². The molecule has 9 aromatic rings. The molecule has 0 aliphatic heterocycles. The van der Waals surface area contributed by atoms with E-state index in [-0.39, 0.29) is 0 Å². The maximum absolute atomic E-state index is 10.1. The van der Waals surface area contributed by atoms with Crippen LogP contribution in [0, 0.1) is 34.0 Å². The highest BCUT2D eigenvalue weighted by Gasteiger charge is 2.20. The van der Waals surface area contributed by atoms with E-state index in [1.54, 1.807) is 0 Å². The Balaban J connectivity index is 1.29. The second-order valence-electron chi connectivity index (χ2n) is 12.3. The van der Waals surface area contributed by atoms with Gasteiger partial charge in [0.25, 0.3) is 0 Å². The fraction of sp³-hybridized carbons (Fsp3) is 0. The summed E-state index contributed by atoms with van der Waals surface area (Å²) >= 11 is 0. The van der Waals surface area contributed by atoms with Gasteiger partial charge in [-0.25, -0.2) is 0 Å². The number of nitriles is 3. The van der Waals surface area contributed by atoms with Crippen molar-refractivity contribution in [2.45, 2.75) is 0 Å². The van der Waals surface area contributed by atoms with Crippen LogP contribution in [0.4, 0.5) is 0 Å². The molecule has 0 saturated heterocycles. The van der Waals surface area contributed by atoms with Crippen molar-refractivity contribution in [2.75, 3.05) is 0 Å². The molecule has 0 saturated carbocycles. The van der Waals surface area contributed by atoms with Crippen molar-refractivity contribution in [3.05, 3.63) is 168 Å². The first-order valence-corrected chi connectivity index (χ1v) is 16.3. The summed E-state index contributed by atoms with van der Waals surface area (Å²) < 4.78 is 4.47. The van der Waals surface area contributed by atoms with Gasteiger partial charge in [0, 0.05) is 32.8 Å². The summed E-state index contributed by atoms with van der Waals surface area (Å²) in [6, 6.07) is 57.9. The molecule has 50 heavy (non-hydrogen) atoms. The molecular formula is C45H25N5. The second-order valence-corrected chi connectivity index (χ2v) is 12.3. The minimum atomic E-state index is 0.563. The normalized spacial score (nSPS) is 11.1. The minimum Gasteiger partial charge on any atom is -0.309 e. The Kier molecular flexibility index (Phi) is 6.56. The SMILES string of the molecule is N#Cc1ccc(-n2c3ccccc3c3c(C#N)cccc32)c(-c2ccccc2-c2cccc(-n3c4ccccc4c4cc(C#N)ccc43)c2)c1. The largest absolute Gasteiger partial charge is 0.309 e. The molecule has 7 aromatic carbocycles. The average Bonchev–Trinajstić information content (AvgIpc) is 3.70. The van der Waals surface area contributed by atoms with E-state index in [0.29, 0.717) is 16.7 Å². The summed E-state index contributed by atoms with van der Waals surface area (Å²) in [4.78, 5) is 0. The summed E-state index contributed by atoms with van der Waals surface area (Å²) in [7, 11) is 0. The number of fused-ring (bicyclic) bond motifs is 6. The van der Waals surface area contributed by atoms with Crippen LogP contribution in [0.5, 0.6) is 0 Å². The predicted molar refractivity (Wildman–Crippen MR) is 200 cm³/mol. The van der Waals surface area contributed by atoms with Gasteiger partial charge in [-0.2, -0.15) is 15.8 Å². The molecule has 0 aliphatic carbocycles. The van der Waals surface area contributed by atoms with E-state index in [1.807, 2.05) is 84.9 Å². The summed E-state index contributed by atoms with van der Waals surface area (Å²) in [5, 5.41) is 33.8. The van der Waals surface area contributed by atoms with Crippen molar-refractivity contribution in [2.24, 2.45) is 0 Å². The van der Waals surface area contributed by atoms with Gasteiger partial charge in [-0.1, -0.05) is 78.9 Å². The smallest absolute Gasteiger partial charge is 0.0998 e. The molecule has 0 spiro atoms. The van der Waals surface area contributed by atoms with E-state index in [0.717, 1.165) is 77.2 Å². The number of hydrogen-bond donors (Lipinski definition) is 0. The third-order valence-electron chi connectivity index (χ3n) is 9.62. The van der Waals surface area contributed by atoms with Crippen LogP contribution in [-0.2, 0) is 0 Å². The Morgan fingerprint density at radius 3 is 1.84 bits per heavy atom. The molecule has 2 aromatic heterocycles. The van der Waals surface area contributed by atoms with E-state index < -0.39 is 0 Å². The predicted octanol–water partition coefficient (Wildman–Crippen LogP) is 10.8. The molecule has 0 unspecified atom stereocenters. The second kappa shape index (κ2) is 11.4. The molecular weight excluding hydrogens is 611 g/mol. The van der Waals surface area contributed by atoms with Crippen LogP contribution in [0.25, 0.3) is 77.2 Å². The molecule has 2 heterocycles. The lowest BCUT2D eigenvalue weighted by molar-refractivity contribution is 1.18. The first-order valence-electron chi connectivity index (χ1n) is 16.3. The quantitative estimate of drug-likeness (QED) is 0.193. The lowest BCUT2D eigenvalue weighted by Gasteiger charge is -2.18. The summed E-state index contributed by atoms with van der Waals surface area (Å²) in [6.07, 6.45) is 0. The van der Waals surface area contributed by atoms with Gasteiger partial charge < -0.3 is 9.13 Å². The molecule has 0 N–H and O–H groups in total. The lowest BCUT2D eigenvalue weighted by Crippen LogP contribution is -1.99. The highest BCUT2D eigenvalue weighted by Crippen LogP contribution is 2.41. The third-order valence-corrected chi connectivity index (χ3v) is 9.62. The number of hydrogen-bond acceptors (Lipinski definition) is 3. The van der Waals surface area contributed by atoms with E-state index in [2.05, 4.69) is 94.1 Å². The molecule has 0 bridgehead atoms. The minimum absolute atomic E-state index is 0.563. The van der Waals surface area contributed by atoms with Gasteiger partial charge in [0.15, 0.2) is 0 Å². The molecule has 9 rings (SSSR count). The van der Waals surface area contributed by atoms with Crippen molar-refractivity contribution in [3.8, 4) is 51.8 Å².